The minimum atomic E-state index is 0. The average molecular weight is 417 g/mol. The number of amides is 1. The number of carbonyl (C=O) groups excluding carboxylic acids is 1. The van der Waals surface area contributed by atoms with Gasteiger partial charge in [0.1, 0.15) is 0 Å². The Morgan fingerprint density at radius 3 is 2.56 bits per heavy atom. The number of piperidine rings is 1. The molecule has 1 aromatic rings. The maximum Gasteiger partial charge on any atom is 0.234 e. The molecule has 3 rings (SSSR count). The quantitative estimate of drug-likeness (QED) is 0.773. The summed E-state index contributed by atoms with van der Waals surface area (Å²) in [5, 5.41) is 3.14. The summed E-state index contributed by atoms with van der Waals surface area (Å²) in [6, 6.07) is 10.8. The number of anilines is 1. The van der Waals surface area contributed by atoms with E-state index in [1.54, 1.807) is 0 Å². The summed E-state index contributed by atoms with van der Waals surface area (Å²) in [5.41, 5.74) is 7.54. The molecule has 2 saturated heterocycles. The van der Waals surface area contributed by atoms with Crippen LogP contribution in [0.1, 0.15) is 26.7 Å². The Bertz CT molecular complexity index is 585. The van der Waals surface area contributed by atoms with E-state index >= 15 is 0 Å². The van der Waals surface area contributed by atoms with Crippen molar-refractivity contribution in [3.05, 3.63) is 30.3 Å². The topological polar surface area (TPSA) is 61.6 Å². The molecule has 2 heterocycles. The molecule has 5 nitrogen and oxygen atoms in total. The van der Waals surface area contributed by atoms with E-state index in [9.17, 15) is 4.79 Å². The predicted molar refractivity (Wildman–Crippen MR) is 117 cm³/mol. The van der Waals surface area contributed by atoms with Crippen molar-refractivity contribution in [1.29, 1.82) is 0 Å². The number of hydrogen-bond acceptors (Lipinski definition) is 4. The highest BCUT2D eigenvalue weighted by Gasteiger charge is 2.34. The van der Waals surface area contributed by atoms with Crippen molar-refractivity contribution in [3.63, 3.8) is 0 Å². The van der Waals surface area contributed by atoms with Gasteiger partial charge < -0.3 is 16.0 Å². The molecule has 0 spiro atoms. The number of likely N-dealkylation sites (tertiary alicyclic amines) is 1. The third-order valence-corrected chi connectivity index (χ3v) is 5.75. The van der Waals surface area contributed by atoms with Crippen LogP contribution in [0.2, 0.25) is 0 Å². The van der Waals surface area contributed by atoms with Gasteiger partial charge in [-0.15, -0.1) is 24.8 Å². The Hall–Kier alpha value is -1.01. The van der Waals surface area contributed by atoms with Crippen LogP contribution < -0.4 is 16.0 Å². The molecule has 0 bridgehead atoms. The Labute approximate surface area is 175 Å². The van der Waals surface area contributed by atoms with Gasteiger partial charge >= 0.3 is 0 Å². The Morgan fingerprint density at radius 1 is 1.19 bits per heavy atom. The van der Waals surface area contributed by atoms with Crippen molar-refractivity contribution in [2.24, 2.45) is 17.1 Å². The van der Waals surface area contributed by atoms with Gasteiger partial charge in [-0.25, -0.2) is 0 Å². The summed E-state index contributed by atoms with van der Waals surface area (Å²) in [5.74, 6) is 0.680. The van der Waals surface area contributed by atoms with Crippen LogP contribution in [0.5, 0.6) is 0 Å². The second-order valence-corrected chi connectivity index (χ2v) is 8.33. The lowest BCUT2D eigenvalue weighted by Crippen LogP contribution is -2.54. The number of carbonyl (C=O) groups is 1. The first-order valence-electron chi connectivity index (χ1n) is 9.49. The van der Waals surface area contributed by atoms with Gasteiger partial charge in [0.15, 0.2) is 0 Å². The van der Waals surface area contributed by atoms with Crippen molar-refractivity contribution >= 4 is 36.4 Å². The minimum Gasteiger partial charge on any atom is -0.371 e. The van der Waals surface area contributed by atoms with Crippen LogP contribution in [0.25, 0.3) is 0 Å². The first-order chi connectivity index (χ1) is 11.9. The molecule has 1 aromatic carbocycles. The van der Waals surface area contributed by atoms with Crippen molar-refractivity contribution in [2.75, 3.05) is 44.2 Å². The van der Waals surface area contributed by atoms with Crippen LogP contribution in [0.3, 0.4) is 0 Å². The first kappa shape index (κ1) is 24.0. The number of rotatable bonds is 5. The van der Waals surface area contributed by atoms with Crippen molar-refractivity contribution in [3.8, 4) is 0 Å². The van der Waals surface area contributed by atoms with E-state index in [4.69, 9.17) is 5.73 Å². The van der Waals surface area contributed by atoms with E-state index in [-0.39, 0.29) is 42.2 Å². The zero-order chi connectivity index (χ0) is 17.9. The monoisotopic (exact) mass is 416 g/mol. The summed E-state index contributed by atoms with van der Waals surface area (Å²) < 4.78 is 0. The lowest BCUT2D eigenvalue weighted by atomic mass is 9.80. The Kier molecular flexibility index (Phi) is 9.35. The second-order valence-electron chi connectivity index (χ2n) is 8.33. The second kappa shape index (κ2) is 10.5. The van der Waals surface area contributed by atoms with Crippen LogP contribution in [-0.4, -0.2) is 56.1 Å². The fourth-order valence-corrected chi connectivity index (χ4v) is 4.01. The number of hydrogen-bond donors (Lipinski definition) is 2. The summed E-state index contributed by atoms with van der Waals surface area (Å²) in [6.45, 7) is 9.57. The highest BCUT2D eigenvalue weighted by molar-refractivity contribution is 5.85. The van der Waals surface area contributed by atoms with Gasteiger partial charge in [0, 0.05) is 44.5 Å². The van der Waals surface area contributed by atoms with Crippen LogP contribution in [-0.2, 0) is 4.79 Å². The third-order valence-electron chi connectivity index (χ3n) is 5.75. The summed E-state index contributed by atoms with van der Waals surface area (Å²) in [6.07, 6.45) is 2.11. The smallest absolute Gasteiger partial charge is 0.234 e. The van der Waals surface area contributed by atoms with Crippen LogP contribution in [0, 0.1) is 11.3 Å². The SMILES string of the molecule is CC1(C)CN(CC(=O)NCC2CCN(c3ccccc3)C2)CCC1N.Cl.Cl. The van der Waals surface area contributed by atoms with Crippen molar-refractivity contribution in [1.82, 2.24) is 10.2 Å². The zero-order valence-electron chi connectivity index (χ0n) is 16.4. The van der Waals surface area contributed by atoms with Gasteiger partial charge in [-0.2, -0.15) is 0 Å². The molecule has 27 heavy (non-hydrogen) atoms. The van der Waals surface area contributed by atoms with Crippen LogP contribution in [0.15, 0.2) is 30.3 Å². The van der Waals surface area contributed by atoms with Gasteiger partial charge in [0.05, 0.1) is 6.54 Å². The molecule has 2 unspecified atom stereocenters. The van der Waals surface area contributed by atoms with Crippen LogP contribution in [0.4, 0.5) is 5.69 Å². The molecule has 2 aliphatic heterocycles. The van der Waals surface area contributed by atoms with Gasteiger partial charge in [-0.05, 0) is 36.3 Å². The van der Waals surface area contributed by atoms with Crippen LogP contribution >= 0.6 is 24.8 Å². The molecule has 154 valence electrons. The standard InChI is InChI=1S/C20H32N4O.2ClH/c1-20(2)15-23(10-9-18(20)21)14-19(25)22-12-16-8-11-24(13-16)17-6-4-3-5-7-17;;/h3-7,16,18H,8-15,21H2,1-2H3,(H,22,25);2*1H. The number of benzene rings is 1. The Balaban J connectivity index is 0.00000182. The summed E-state index contributed by atoms with van der Waals surface area (Å²) in [7, 11) is 0. The summed E-state index contributed by atoms with van der Waals surface area (Å²) in [4.78, 5) is 17.0. The number of halogens is 2. The number of nitrogens with one attached hydrogen (secondary N) is 1. The molecule has 0 saturated carbocycles. The van der Waals surface area contributed by atoms with Gasteiger partial charge in [-0.3, -0.25) is 9.69 Å². The fourth-order valence-electron chi connectivity index (χ4n) is 4.01. The molecule has 3 N–H and O–H groups in total. The highest BCUT2D eigenvalue weighted by atomic mass is 35.5. The van der Waals surface area contributed by atoms with Crippen molar-refractivity contribution in [2.45, 2.75) is 32.7 Å². The molecule has 2 fully saturated rings. The maximum atomic E-state index is 12.3. The lowest BCUT2D eigenvalue weighted by Gasteiger charge is -2.42. The maximum absolute atomic E-state index is 12.3. The van der Waals surface area contributed by atoms with Crippen molar-refractivity contribution < 1.29 is 4.79 Å². The Morgan fingerprint density at radius 2 is 1.89 bits per heavy atom. The number of para-hydroxylation sites is 1. The minimum absolute atomic E-state index is 0. The number of nitrogens with two attached hydrogens (primary N) is 1. The van der Waals surface area contributed by atoms with Gasteiger partial charge in [0.25, 0.3) is 0 Å². The molecule has 0 radical (unpaired) electrons. The largest absolute Gasteiger partial charge is 0.371 e. The zero-order valence-corrected chi connectivity index (χ0v) is 18.0. The fraction of sp³-hybridized carbons (Fsp3) is 0.650. The molecule has 0 aliphatic carbocycles. The molecule has 7 heteroatoms. The molecule has 0 aromatic heterocycles. The van der Waals surface area contributed by atoms with E-state index in [2.05, 4.69) is 53.2 Å². The molecular formula is C20H34Cl2N4O. The van der Waals surface area contributed by atoms with Gasteiger partial charge in [-0.1, -0.05) is 32.0 Å². The molecular weight excluding hydrogens is 383 g/mol. The van der Waals surface area contributed by atoms with E-state index in [1.165, 1.54) is 5.69 Å². The molecule has 2 atom stereocenters. The van der Waals surface area contributed by atoms with Gasteiger partial charge in [0.2, 0.25) is 5.91 Å². The average Bonchev–Trinajstić information content (AvgIpc) is 3.06. The third kappa shape index (κ3) is 6.53. The first-order valence-corrected chi connectivity index (χ1v) is 9.49. The van der Waals surface area contributed by atoms with E-state index < -0.39 is 0 Å². The van der Waals surface area contributed by atoms with E-state index in [0.29, 0.717) is 12.5 Å². The normalized spacial score (nSPS) is 24.6. The van der Waals surface area contributed by atoms with E-state index in [0.717, 1.165) is 45.6 Å². The highest BCUT2D eigenvalue weighted by Crippen LogP contribution is 2.27. The number of nitrogens with zero attached hydrogens (tertiary/aromatic N) is 2. The summed E-state index contributed by atoms with van der Waals surface area (Å²) >= 11 is 0. The molecule has 1 amide bonds. The molecule has 2 aliphatic rings. The van der Waals surface area contributed by atoms with E-state index in [1.807, 2.05) is 6.07 Å². The lowest BCUT2D eigenvalue weighted by molar-refractivity contribution is -0.123. The predicted octanol–water partition coefficient (Wildman–Crippen LogP) is 2.53.